The van der Waals surface area contributed by atoms with Crippen LogP contribution in [-0.4, -0.2) is 24.9 Å². The lowest BCUT2D eigenvalue weighted by atomic mass is 9.81. The highest BCUT2D eigenvalue weighted by Crippen LogP contribution is 2.38. The Morgan fingerprint density at radius 1 is 1.18 bits per heavy atom. The molecule has 0 saturated heterocycles. The van der Waals surface area contributed by atoms with Gasteiger partial charge in [-0.2, -0.15) is 0 Å². The maximum absolute atomic E-state index is 9.50. The quantitative estimate of drug-likeness (QED) is 0.875. The smallest absolute Gasteiger partial charge is 0.161 e. The predicted molar refractivity (Wildman–Crippen MR) is 66.9 cm³/mol. The fraction of sp³-hybridized carbons (Fsp3) is 0.571. The molecule has 0 bridgehead atoms. The predicted octanol–water partition coefficient (Wildman–Crippen LogP) is 2.29. The molecule has 1 aliphatic heterocycles. The van der Waals surface area contributed by atoms with Gasteiger partial charge in [0.1, 0.15) is 13.2 Å². The molecule has 1 aromatic carbocycles. The second kappa shape index (κ2) is 4.57. The number of fused-ring (bicyclic) bond motifs is 1. The first kappa shape index (κ1) is 12.2. The van der Waals surface area contributed by atoms with Gasteiger partial charge in [0.2, 0.25) is 0 Å². The first-order chi connectivity index (χ1) is 8.08. The minimum absolute atomic E-state index is 0.125. The number of hydrogen-bond donors (Lipinski definition) is 1. The molecule has 0 atom stereocenters. The van der Waals surface area contributed by atoms with Crippen LogP contribution in [0.2, 0.25) is 0 Å². The first-order valence-electron chi connectivity index (χ1n) is 6.12. The fourth-order valence-electron chi connectivity index (χ4n) is 2.14. The molecule has 3 heteroatoms. The second-order valence-electron chi connectivity index (χ2n) is 5.05. The van der Waals surface area contributed by atoms with Gasteiger partial charge in [-0.1, -0.05) is 20.8 Å². The Labute approximate surface area is 102 Å². The lowest BCUT2D eigenvalue weighted by Crippen LogP contribution is -2.25. The fourth-order valence-corrected chi connectivity index (χ4v) is 2.14. The van der Waals surface area contributed by atoms with Crippen LogP contribution in [-0.2, 0) is 11.8 Å². The van der Waals surface area contributed by atoms with E-state index in [0.29, 0.717) is 13.2 Å². The molecule has 3 nitrogen and oxygen atoms in total. The second-order valence-corrected chi connectivity index (χ2v) is 5.05. The normalized spacial score (nSPS) is 14.8. The van der Waals surface area contributed by atoms with Gasteiger partial charge in [0.25, 0.3) is 0 Å². The number of aliphatic hydroxyl groups excluding tert-OH is 1. The van der Waals surface area contributed by atoms with Crippen molar-refractivity contribution in [3.63, 3.8) is 0 Å². The molecule has 0 spiro atoms. The zero-order chi connectivity index (χ0) is 12.5. The third-order valence-electron chi connectivity index (χ3n) is 3.27. The topological polar surface area (TPSA) is 38.7 Å². The van der Waals surface area contributed by atoms with Crippen molar-refractivity contribution in [2.45, 2.75) is 32.6 Å². The Bertz CT molecular complexity index is 410. The molecule has 94 valence electrons. The summed E-state index contributed by atoms with van der Waals surface area (Å²) in [6.45, 7) is 7.52. The minimum Gasteiger partial charge on any atom is -0.486 e. The van der Waals surface area contributed by atoms with Crippen molar-refractivity contribution in [2.75, 3.05) is 19.8 Å². The lowest BCUT2D eigenvalue weighted by Gasteiger charge is -2.28. The molecule has 0 aromatic heterocycles. The molecule has 2 rings (SSSR count). The van der Waals surface area contributed by atoms with Crippen molar-refractivity contribution in [3.8, 4) is 11.5 Å². The Hall–Kier alpha value is -1.22. The van der Waals surface area contributed by atoms with Crippen LogP contribution in [0.4, 0.5) is 0 Å². The monoisotopic (exact) mass is 236 g/mol. The molecule has 1 aromatic rings. The Morgan fingerprint density at radius 2 is 1.76 bits per heavy atom. The Kier molecular flexibility index (Phi) is 3.29. The van der Waals surface area contributed by atoms with Gasteiger partial charge < -0.3 is 14.6 Å². The van der Waals surface area contributed by atoms with Crippen molar-refractivity contribution in [2.24, 2.45) is 0 Å². The number of hydrogen-bond acceptors (Lipinski definition) is 3. The molecule has 0 fully saturated rings. The summed E-state index contributed by atoms with van der Waals surface area (Å²) >= 11 is 0. The molecule has 17 heavy (non-hydrogen) atoms. The molecule has 1 aliphatic rings. The van der Waals surface area contributed by atoms with E-state index in [1.54, 1.807) is 0 Å². The third-order valence-corrected chi connectivity index (χ3v) is 3.27. The molecule has 0 unspecified atom stereocenters. The van der Waals surface area contributed by atoms with E-state index in [0.717, 1.165) is 23.5 Å². The van der Waals surface area contributed by atoms with E-state index in [-0.39, 0.29) is 12.0 Å². The summed E-state index contributed by atoms with van der Waals surface area (Å²) in [6.07, 6.45) is 0.926. The van der Waals surface area contributed by atoms with E-state index in [9.17, 15) is 5.11 Å². The van der Waals surface area contributed by atoms with E-state index in [2.05, 4.69) is 6.92 Å². The van der Waals surface area contributed by atoms with Crippen molar-refractivity contribution in [3.05, 3.63) is 23.3 Å². The Morgan fingerprint density at radius 3 is 2.29 bits per heavy atom. The number of ether oxygens (including phenoxy) is 2. The highest BCUT2D eigenvalue weighted by Gasteiger charge is 2.25. The van der Waals surface area contributed by atoms with Crippen LogP contribution in [0.3, 0.4) is 0 Å². The van der Waals surface area contributed by atoms with Crippen molar-refractivity contribution < 1.29 is 14.6 Å². The average molecular weight is 236 g/mol. The van der Waals surface area contributed by atoms with Gasteiger partial charge in [0.05, 0.1) is 6.61 Å². The molecule has 0 saturated carbocycles. The van der Waals surface area contributed by atoms with Gasteiger partial charge >= 0.3 is 0 Å². The summed E-state index contributed by atoms with van der Waals surface area (Å²) in [5, 5.41) is 9.50. The Balaban J connectivity index is 2.50. The lowest BCUT2D eigenvalue weighted by molar-refractivity contribution is 0.170. The molecule has 1 heterocycles. The first-order valence-corrected chi connectivity index (χ1v) is 6.12. The van der Waals surface area contributed by atoms with Crippen LogP contribution >= 0.6 is 0 Å². The number of aliphatic hydroxyl groups is 1. The zero-order valence-electron chi connectivity index (χ0n) is 10.7. The summed E-state index contributed by atoms with van der Waals surface area (Å²) in [7, 11) is 0. The van der Waals surface area contributed by atoms with Crippen LogP contribution in [0, 0.1) is 0 Å². The van der Waals surface area contributed by atoms with Crippen molar-refractivity contribution >= 4 is 0 Å². The average Bonchev–Trinajstić information content (AvgIpc) is 2.37. The molecule has 0 amide bonds. The third kappa shape index (κ3) is 2.25. The summed E-state index contributed by atoms with van der Waals surface area (Å²) in [5.74, 6) is 1.62. The van der Waals surface area contributed by atoms with E-state index in [1.165, 1.54) is 5.56 Å². The van der Waals surface area contributed by atoms with Crippen LogP contribution < -0.4 is 9.47 Å². The number of rotatable bonds is 3. The maximum atomic E-state index is 9.50. The van der Waals surface area contributed by atoms with Crippen LogP contribution in [0.1, 0.15) is 31.9 Å². The van der Waals surface area contributed by atoms with Gasteiger partial charge in [0, 0.05) is 5.41 Å². The van der Waals surface area contributed by atoms with Gasteiger partial charge in [0.15, 0.2) is 11.5 Å². The summed E-state index contributed by atoms with van der Waals surface area (Å²) in [6, 6.07) is 4.06. The summed E-state index contributed by atoms with van der Waals surface area (Å²) < 4.78 is 11.2. The summed E-state index contributed by atoms with van der Waals surface area (Å²) in [4.78, 5) is 0. The molecular formula is C14H20O3. The van der Waals surface area contributed by atoms with Gasteiger partial charge in [-0.25, -0.2) is 0 Å². The van der Waals surface area contributed by atoms with Gasteiger partial charge in [-0.05, 0) is 29.7 Å². The molecule has 0 radical (unpaired) electrons. The van der Waals surface area contributed by atoms with E-state index in [4.69, 9.17) is 9.47 Å². The van der Waals surface area contributed by atoms with Crippen LogP contribution in [0.25, 0.3) is 0 Å². The van der Waals surface area contributed by atoms with Crippen molar-refractivity contribution in [1.82, 2.24) is 0 Å². The summed E-state index contributed by atoms with van der Waals surface area (Å²) in [5.41, 5.74) is 2.11. The van der Waals surface area contributed by atoms with E-state index in [1.807, 2.05) is 26.0 Å². The number of aryl methyl sites for hydroxylation is 1. The minimum atomic E-state index is -0.249. The maximum Gasteiger partial charge on any atom is 0.161 e. The highest BCUT2D eigenvalue weighted by atomic mass is 16.6. The van der Waals surface area contributed by atoms with Crippen molar-refractivity contribution in [1.29, 1.82) is 0 Å². The molecular weight excluding hydrogens is 216 g/mol. The largest absolute Gasteiger partial charge is 0.486 e. The highest BCUT2D eigenvalue weighted by molar-refractivity contribution is 5.50. The van der Waals surface area contributed by atoms with E-state index < -0.39 is 0 Å². The standard InChI is InChI=1S/C14H20O3/c1-4-10-7-12-13(17-6-5-16-12)8-11(10)14(2,3)9-15/h7-8,15H,4-6,9H2,1-3H3. The molecule has 1 N–H and O–H groups in total. The zero-order valence-corrected chi connectivity index (χ0v) is 10.7. The van der Waals surface area contributed by atoms with E-state index >= 15 is 0 Å². The van der Waals surface area contributed by atoms with Crippen LogP contribution in [0.15, 0.2) is 12.1 Å². The van der Waals surface area contributed by atoms with Gasteiger partial charge in [-0.3, -0.25) is 0 Å². The van der Waals surface area contributed by atoms with Gasteiger partial charge in [-0.15, -0.1) is 0 Å². The SMILES string of the molecule is CCc1cc2c(cc1C(C)(C)CO)OCCO2. The molecule has 0 aliphatic carbocycles. The van der Waals surface area contributed by atoms with Crippen LogP contribution in [0.5, 0.6) is 11.5 Å². The number of benzene rings is 1.